The van der Waals surface area contributed by atoms with Crippen molar-refractivity contribution >= 4 is 43.6 Å². The minimum atomic E-state index is -4.09. The summed E-state index contributed by atoms with van der Waals surface area (Å²) in [6.07, 6.45) is 1.03. The van der Waals surface area contributed by atoms with E-state index in [0.29, 0.717) is 24.4 Å². The monoisotopic (exact) mass is 544 g/mol. The number of benzene rings is 2. The molecule has 10 heteroatoms. The first kappa shape index (κ1) is 25.0. The second-order valence-electron chi connectivity index (χ2n) is 7.68. The third-order valence-corrected chi connectivity index (χ3v) is 6.82. The number of nitrogens with zero attached hydrogens (tertiary/aromatic N) is 2. The molecular formula is C22H26BrClN2O5S. The Morgan fingerprint density at radius 3 is 2.41 bits per heavy atom. The first-order valence-corrected chi connectivity index (χ1v) is 13.1. The molecule has 0 bridgehead atoms. The average molecular weight is 546 g/mol. The molecule has 1 saturated heterocycles. The van der Waals surface area contributed by atoms with E-state index < -0.39 is 15.9 Å². The zero-order valence-electron chi connectivity index (χ0n) is 17.5. The van der Waals surface area contributed by atoms with Crippen molar-refractivity contribution in [1.29, 1.82) is 0 Å². The fraction of sp³-hybridized carbons (Fsp3) is 0.409. The summed E-state index contributed by atoms with van der Waals surface area (Å²) >= 11 is 9.27. The van der Waals surface area contributed by atoms with Crippen LogP contribution in [0.15, 0.2) is 46.9 Å². The Morgan fingerprint density at radius 2 is 1.75 bits per heavy atom. The second-order valence-corrected chi connectivity index (χ2v) is 10.6. The third-order valence-electron chi connectivity index (χ3n) is 5.36. The van der Waals surface area contributed by atoms with Gasteiger partial charge in [-0.1, -0.05) is 39.7 Å². The summed E-state index contributed by atoms with van der Waals surface area (Å²) in [6.45, 7) is 3.69. The Bertz CT molecular complexity index is 1030. The highest BCUT2D eigenvalue weighted by atomic mass is 79.9. The zero-order valence-corrected chi connectivity index (χ0v) is 20.7. The average Bonchev–Trinajstić information content (AvgIpc) is 2.76. The van der Waals surface area contributed by atoms with Gasteiger partial charge in [-0.15, -0.1) is 0 Å². The molecule has 1 fully saturated rings. The number of hydrogen-bond donors (Lipinski definition) is 1. The molecule has 2 aromatic rings. The second kappa shape index (κ2) is 11.5. The molecular weight excluding hydrogens is 520 g/mol. The number of carbonyl (C=O) groups is 1. The smallest absolute Gasteiger partial charge is 0.265 e. The molecule has 0 unspecified atom stereocenters. The van der Waals surface area contributed by atoms with E-state index in [1.165, 1.54) is 5.56 Å². The molecule has 1 heterocycles. The number of piperazine rings is 1. The minimum Gasteiger partial charge on any atom is -0.483 e. The van der Waals surface area contributed by atoms with Crippen LogP contribution in [0.5, 0.6) is 5.75 Å². The van der Waals surface area contributed by atoms with E-state index in [2.05, 4.69) is 20.8 Å². The van der Waals surface area contributed by atoms with Gasteiger partial charge in [0.15, 0.2) is 6.61 Å². The van der Waals surface area contributed by atoms with Crippen molar-refractivity contribution in [3.8, 4) is 5.75 Å². The van der Waals surface area contributed by atoms with Crippen LogP contribution < -0.4 is 4.74 Å². The van der Waals surface area contributed by atoms with Gasteiger partial charge in [0, 0.05) is 42.2 Å². The molecule has 0 aliphatic carbocycles. The number of rotatable bonds is 9. The summed E-state index contributed by atoms with van der Waals surface area (Å²) in [6, 6.07) is 13.0. The lowest BCUT2D eigenvalue weighted by Crippen LogP contribution is -2.50. The van der Waals surface area contributed by atoms with Crippen molar-refractivity contribution in [2.45, 2.75) is 12.8 Å². The maximum atomic E-state index is 12.6. The van der Waals surface area contributed by atoms with Crippen LogP contribution in [0, 0.1) is 0 Å². The summed E-state index contributed by atoms with van der Waals surface area (Å²) in [5, 5.41) is 0.733. The number of hydrogen-bond acceptors (Lipinski definition) is 5. The van der Waals surface area contributed by atoms with Gasteiger partial charge in [-0.2, -0.15) is 8.42 Å². The van der Waals surface area contributed by atoms with Gasteiger partial charge in [0.1, 0.15) is 5.75 Å². The molecule has 174 valence electrons. The van der Waals surface area contributed by atoms with Crippen LogP contribution in [0.25, 0.3) is 0 Å². The molecule has 0 saturated carbocycles. The van der Waals surface area contributed by atoms with Gasteiger partial charge in [-0.05, 0) is 54.3 Å². The SMILES string of the molecule is O=C(COc1ccc(Br)cc1CCS(=O)(=O)O)N1CCN(CCc2ccc(Cl)cc2)CC1. The summed E-state index contributed by atoms with van der Waals surface area (Å²) in [5.41, 5.74) is 1.84. The third kappa shape index (κ3) is 8.04. The van der Waals surface area contributed by atoms with Crippen molar-refractivity contribution in [2.24, 2.45) is 0 Å². The molecule has 1 amide bonds. The molecule has 2 aromatic carbocycles. The topological polar surface area (TPSA) is 87.1 Å². The Balaban J connectivity index is 1.45. The molecule has 3 rings (SSSR count). The van der Waals surface area contributed by atoms with Crippen molar-refractivity contribution in [3.05, 3.63) is 63.1 Å². The molecule has 7 nitrogen and oxygen atoms in total. The normalized spacial score (nSPS) is 15.0. The molecule has 1 N–H and O–H groups in total. The van der Waals surface area contributed by atoms with E-state index >= 15 is 0 Å². The van der Waals surface area contributed by atoms with Crippen LogP contribution in [0.2, 0.25) is 5.02 Å². The van der Waals surface area contributed by atoms with Gasteiger partial charge >= 0.3 is 0 Å². The predicted molar refractivity (Wildman–Crippen MR) is 128 cm³/mol. The van der Waals surface area contributed by atoms with Gasteiger partial charge in [0.25, 0.3) is 16.0 Å². The van der Waals surface area contributed by atoms with E-state index in [-0.39, 0.29) is 18.9 Å². The molecule has 0 atom stereocenters. The predicted octanol–water partition coefficient (Wildman–Crippen LogP) is 3.30. The lowest BCUT2D eigenvalue weighted by molar-refractivity contribution is -0.135. The number of carbonyl (C=O) groups excluding carboxylic acids is 1. The zero-order chi connectivity index (χ0) is 23.1. The van der Waals surface area contributed by atoms with Crippen molar-refractivity contribution < 1.29 is 22.5 Å². The minimum absolute atomic E-state index is 0.0914. The van der Waals surface area contributed by atoms with Crippen LogP contribution >= 0.6 is 27.5 Å². The Hall–Kier alpha value is -1.65. The van der Waals surface area contributed by atoms with Crippen molar-refractivity contribution in [1.82, 2.24) is 9.80 Å². The van der Waals surface area contributed by atoms with Crippen LogP contribution in [0.3, 0.4) is 0 Å². The lowest BCUT2D eigenvalue weighted by Gasteiger charge is -2.34. The quantitative estimate of drug-likeness (QED) is 0.487. The van der Waals surface area contributed by atoms with Crippen LogP contribution in [0.4, 0.5) is 0 Å². The lowest BCUT2D eigenvalue weighted by atomic mass is 10.1. The van der Waals surface area contributed by atoms with Gasteiger partial charge in [-0.25, -0.2) is 0 Å². The highest BCUT2D eigenvalue weighted by molar-refractivity contribution is 9.10. The van der Waals surface area contributed by atoms with Crippen LogP contribution in [0.1, 0.15) is 11.1 Å². The van der Waals surface area contributed by atoms with E-state index in [1.807, 2.05) is 24.3 Å². The fourth-order valence-electron chi connectivity index (χ4n) is 3.51. The first-order chi connectivity index (χ1) is 15.2. The highest BCUT2D eigenvalue weighted by Gasteiger charge is 2.21. The maximum absolute atomic E-state index is 12.6. The largest absolute Gasteiger partial charge is 0.483 e. The summed E-state index contributed by atoms with van der Waals surface area (Å²) in [5.74, 6) is -0.0797. The summed E-state index contributed by atoms with van der Waals surface area (Å²) in [7, 11) is -4.09. The van der Waals surface area contributed by atoms with E-state index in [0.717, 1.165) is 35.6 Å². The van der Waals surface area contributed by atoms with Gasteiger partial charge in [0.2, 0.25) is 0 Å². The van der Waals surface area contributed by atoms with E-state index in [4.69, 9.17) is 20.9 Å². The molecule has 1 aliphatic rings. The maximum Gasteiger partial charge on any atom is 0.265 e. The number of ether oxygens (including phenoxy) is 1. The van der Waals surface area contributed by atoms with E-state index in [1.54, 1.807) is 23.1 Å². The molecule has 1 aliphatic heterocycles. The van der Waals surface area contributed by atoms with Crippen molar-refractivity contribution in [2.75, 3.05) is 45.1 Å². The standard InChI is InChI=1S/C22H26BrClN2O5S/c23-19-3-6-21(18(15-19)8-14-32(28,29)30)31-16-22(27)26-12-10-25(11-13-26)9-7-17-1-4-20(24)5-2-17/h1-6,15H,7-14,16H2,(H,28,29,30). The summed E-state index contributed by atoms with van der Waals surface area (Å²) in [4.78, 5) is 16.7. The van der Waals surface area contributed by atoms with Gasteiger partial charge < -0.3 is 9.64 Å². The Labute approximate surface area is 202 Å². The molecule has 0 radical (unpaired) electrons. The summed E-state index contributed by atoms with van der Waals surface area (Å²) < 4.78 is 37.6. The number of amides is 1. The molecule has 32 heavy (non-hydrogen) atoms. The van der Waals surface area contributed by atoms with Crippen molar-refractivity contribution in [3.63, 3.8) is 0 Å². The highest BCUT2D eigenvalue weighted by Crippen LogP contribution is 2.24. The molecule has 0 aromatic heterocycles. The number of halogens is 2. The Morgan fingerprint density at radius 1 is 1.06 bits per heavy atom. The first-order valence-electron chi connectivity index (χ1n) is 10.3. The fourth-order valence-corrected chi connectivity index (χ4v) is 4.53. The number of aryl methyl sites for hydroxylation is 1. The van der Waals surface area contributed by atoms with E-state index in [9.17, 15) is 13.2 Å². The van der Waals surface area contributed by atoms with Gasteiger partial charge in [-0.3, -0.25) is 14.2 Å². The van der Waals surface area contributed by atoms with Crippen LogP contribution in [-0.4, -0.2) is 73.8 Å². The molecule has 0 spiro atoms. The Kier molecular flexibility index (Phi) is 8.95. The van der Waals surface area contributed by atoms with Crippen LogP contribution in [-0.2, 0) is 27.8 Å². The van der Waals surface area contributed by atoms with Gasteiger partial charge in [0.05, 0.1) is 5.75 Å².